The van der Waals surface area contributed by atoms with Crippen LogP contribution in [0.3, 0.4) is 0 Å². The van der Waals surface area contributed by atoms with Gasteiger partial charge in [-0.2, -0.15) is 0 Å². The molecule has 1 saturated carbocycles. The second kappa shape index (κ2) is 4.75. The van der Waals surface area contributed by atoms with Crippen molar-refractivity contribution < 1.29 is 19.7 Å². The molecule has 0 aromatic carbocycles. The first kappa shape index (κ1) is 11.5. The van der Waals surface area contributed by atoms with E-state index in [4.69, 9.17) is 4.74 Å². The molecule has 4 atom stereocenters. The van der Waals surface area contributed by atoms with Crippen molar-refractivity contribution in [3.8, 4) is 0 Å². The van der Waals surface area contributed by atoms with E-state index in [1.165, 1.54) is 6.92 Å². The molecule has 0 spiro atoms. The molecule has 0 aromatic heterocycles. The van der Waals surface area contributed by atoms with Gasteiger partial charge in [-0.1, -0.05) is 6.92 Å². The fourth-order valence-electron chi connectivity index (χ4n) is 2.01. The molecule has 82 valence electrons. The lowest BCUT2D eigenvalue weighted by atomic mass is 9.81. The van der Waals surface area contributed by atoms with Crippen molar-refractivity contribution in [3.05, 3.63) is 0 Å². The van der Waals surface area contributed by atoms with Crippen LogP contribution in [0.15, 0.2) is 0 Å². The van der Waals surface area contributed by atoms with Crippen LogP contribution in [0.4, 0.5) is 0 Å². The predicted molar refractivity (Wildman–Crippen MR) is 50.6 cm³/mol. The van der Waals surface area contributed by atoms with Gasteiger partial charge in [0.2, 0.25) is 0 Å². The molecule has 4 nitrogen and oxygen atoms in total. The van der Waals surface area contributed by atoms with Gasteiger partial charge in [-0.3, -0.25) is 4.79 Å². The van der Waals surface area contributed by atoms with Crippen LogP contribution in [0.2, 0.25) is 0 Å². The first-order valence-corrected chi connectivity index (χ1v) is 5.09. The molecule has 0 bridgehead atoms. The van der Waals surface area contributed by atoms with Crippen LogP contribution >= 0.6 is 0 Å². The average Bonchev–Trinajstić information content (AvgIpc) is 2.13. The zero-order valence-corrected chi connectivity index (χ0v) is 8.64. The predicted octanol–water partition coefficient (Wildman–Crippen LogP) is 0.460. The van der Waals surface area contributed by atoms with Gasteiger partial charge < -0.3 is 14.9 Å². The van der Waals surface area contributed by atoms with Crippen LogP contribution < -0.4 is 0 Å². The molecule has 1 fully saturated rings. The highest BCUT2D eigenvalue weighted by molar-refractivity contribution is 5.66. The lowest BCUT2D eigenvalue weighted by molar-refractivity contribution is -0.170. The van der Waals surface area contributed by atoms with Crippen LogP contribution in [0.5, 0.6) is 0 Å². The Morgan fingerprint density at radius 3 is 2.57 bits per heavy atom. The Morgan fingerprint density at radius 1 is 1.43 bits per heavy atom. The van der Waals surface area contributed by atoms with E-state index >= 15 is 0 Å². The SMILES string of the molecule is CCC1CCC(O)C(O)C1OC(C)=O. The van der Waals surface area contributed by atoms with Gasteiger partial charge >= 0.3 is 5.97 Å². The highest BCUT2D eigenvalue weighted by Crippen LogP contribution is 2.29. The third kappa shape index (κ3) is 2.45. The zero-order valence-electron chi connectivity index (χ0n) is 8.64. The van der Waals surface area contributed by atoms with Crippen LogP contribution in [-0.2, 0) is 9.53 Å². The number of aliphatic hydroxyl groups is 2. The number of hydrogen-bond acceptors (Lipinski definition) is 4. The van der Waals surface area contributed by atoms with Crippen molar-refractivity contribution in [1.29, 1.82) is 0 Å². The average molecular weight is 202 g/mol. The van der Waals surface area contributed by atoms with Gasteiger partial charge in [0.15, 0.2) is 0 Å². The molecule has 4 unspecified atom stereocenters. The number of rotatable bonds is 2. The normalized spacial score (nSPS) is 38.0. The van der Waals surface area contributed by atoms with Gasteiger partial charge in [0.1, 0.15) is 12.2 Å². The third-order valence-corrected chi connectivity index (χ3v) is 2.86. The first-order valence-electron chi connectivity index (χ1n) is 5.09. The number of aliphatic hydroxyl groups excluding tert-OH is 2. The highest BCUT2D eigenvalue weighted by Gasteiger charge is 2.38. The fraction of sp³-hybridized carbons (Fsp3) is 0.900. The molecule has 1 aliphatic carbocycles. The Labute approximate surface area is 83.9 Å². The monoisotopic (exact) mass is 202 g/mol. The summed E-state index contributed by atoms with van der Waals surface area (Å²) in [5.74, 6) is -0.237. The van der Waals surface area contributed by atoms with Gasteiger partial charge in [-0.05, 0) is 25.2 Å². The Morgan fingerprint density at radius 2 is 2.07 bits per heavy atom. The minimum Gasteiger partial charge on any atom is -0.459 e. The minimum atomic E-state index is -0.933. The lowest BCUT2D eigenvalue weighted by Crippen LogP contribution is -2.48. The Bertz CT molecular complexity index is 202. The summed E-state index contributed by atoms with van der Waals surface area (Å²) < 4.78 is 5.03. The highest BCUT2D eigenvalue weighted by atomic mass is 16.6. The molecule has 4 heteroatoms. The molecule has 0 aliphatic heterocycles. The van der Waals surface area contributed by atoms with Gasteiger partial charge in [0.05, 0.1) is 6.10 Å². The maximum atomic E-state index is 10.8. The van der Waals surface area contributed by atoms with E-state index in [-0.39, 0.29) is 5.92 Å². The molecule has 0 radical (unpaired) electrons. The quantitative estimate of drug-likeness (QED) is 0.638. The molecule has 14 heavy (non-hydrogen) atoms. The van der Waals surface area contributed by atoms with Crippen LogP contribution in [0.1, 0.15) is 33.1 Å². The Hall–Kier alpha value is -0.610. The van der Waals surface area contributed by atoms with Gasteiger partial charge in [0.25, 0.3) is 0 Å². The molecule has 0 amide bonds. The number of esters is 1. The molecule has 0 saturated heterocycles. The first-order chi connectivity index (χ1) is 6.56. The van der Waals surface area contributed by atoms with Crippen molar-refractivity contribution >= 4 is 5.97 Å². The second-order valence-corrected chi connectivity index (χ2v) is 3.88. The Balaban J connectivity index is 2.66. The van der Waals surface area contributed by atoms with Crippen LogP contribution in [0, 0.1) is 5.92 Å². The molecule has 1 aliphatic rings. The summed E-state index contributed by atoms with van der Waals surface area (Å²) in [6.45, 7) is 3.31. The van der Waals surface area contributed by atoms with E-state index in [0.29, 0.717) is 6.42 Å². The van der Waals surface area contributed by atoms with Crippen molar-refractivity contribution in [2.75, 3.05) is 0 Å². The van der Waals surface area contributed by atoms with E-state index < -0.39 is 24.3 Å². The summed E-state index contributed by atoms with van der Waals surface area (Å²) in [6, 6.07) is 0. The van der Waals surface area contributed by atoms with Crippen molar-refractivity contribution in [1.82, 2.24) is 0 Å². The van der Waals surface area contributed by atoms with Crippen molar-refractivity contribution in [2.45, 2.75) is 51.4 Å². The minimum absolute atomic E-state index is 0.164. The number of hydrogen-bond donors (Lipinski definition) is 2. The molecule has 0 heterocycles. The maximum absolute atomic E-state index is 10.8. The standard InChI is InChI=1S/C10H18O4/c1-3-7-4-5-8(12)9(13)10(7)14-6(2)11/h7-10,12-13H,3-5H2,1-2H3. The smallest absolute Gasteiger partial charge is 0.303 e. The van der Waals surface area contributed by atoms with Crippen molar-refractivity contribution in [2.24, 2.45) is 5.92 Å². The molecule has 2 N–H and O–H groups in total. The van der Waals surface area contributed by atoms with E-state index in [0.717, 1.165) is 12.8 Å². The number of carbonyl (C=O) groups excluding carboxylic acids is 1. The zero-order chi connectivity index (χ0) is 10.7. The molecule has 0 aromatic rings. The fourth-order valence-corrected chi connectivity index (χ4v) is 2.01. The molecular formula is C10H18O4. The Kier molecular flexibility index (Phi) is 3.89. The van der Waals surface area contributed by atoms with E-state index in [1.807, 2.05) is 6.92 Å². The van der Waals surface area contributed by atoms with Crippen LogP contribution in [-0.4, -0.2) is 34.5 Å². The topological polar surface area (TPSA) is 66.8 Å². The van der Waals surface area contributed by atoms with Gasteiger partial charge in [-0.15, -0.1) is 0 Å². The number of ether oxygens (including phenoxy) is 1. The number of carbonyl (C=O) groups is 1. The summed E-state index contributed by atoms with van der Waals surface area (Å²) in [7, 11) is 0. The van der Waals surface area contributed by atoms with E-state index in [1.54, 1.807) is 0 Å². The summed E-state index contributed by atoms with van der Waals surface area (Å²) in [4.78, 5) is 10.8. The molecular weight excluding hydrogens is 184 g/mol. The van der Waals surface area contributed by atoms with Gasteiger partial charge in [-0.25, -0.2) is 0 Å². The van der Waals surface area contributed by atoms with E-state index in [2.05, 4.69) is 0 Å². The van der Waals surface area contributed by atoms with Gasteiger partial charge in [0, 0.05) is 6.92 Å². The second-order valence-electron chi connectivity index (χ2n) is 3.88. The summed E-state index contributed by atoms with van der Waals surface area (Å²) in [5, 5.41) is 19.1. The van der Waals surface area contributed by atoms with Crippen molar-refractivity contribution in [3.63, 3.8) is 0 Å². The maximum Gasteiger partial charge on any atom is 0.303 e. The third-order valence-electron chi connectivity index (χ3n) is 2.86. The van der Waals surface area contributed by atoms with Crippen LogP contribution in [0.25, 0.3) is 0 Å². The van der Waals surface area contributed by atoms with E-state index in [9.17, 15) is 15.0 Å². The summed E-state index contributed by atoms with van der Waals surface area (Å²) >= 11 is 0. The summed E-state index contributed by atoms with van der Waals surface area (Å²) in [5.41, 5.74) is 0. The molecule has 1 rings (SSSR count). The lowest BCUT2D eigenvalue weighted by Gasteiger charge is -2.37. The largest absolute Gasteiger partial charge is 0.459 e. The summed E-state index contributed by atoms with van der Waals surface area (Å²) in [6.07, 6.45) is -0.00717.